The maximum absolute atomic E-state index is 12.9. The molecule has 2 N–H and O–H groups in total. The summed E-state index contributed by atoms with van der Waals surface area (Å²) in [6, 6.07) is 8.92. The van der Waals surface area contributed by atoms with Crippen molar-refractivity contribution < 1.29 is 19.1 Å². The second-order valence-electron chi connectivity index (χ2n) is 9.15. The number of carbonyl (C=O) groups is 3. The zero-order valence-electron chi connectivity index (χ0n) is 22.0. The molecule has 2 aromatic rings. The molecule has 8 nitrogen and oxygen atoms in total. The number of imidazole rings is 1. The number of nitrogens with one attached hydrogen (secondary N) is 2. The van der Waals surface area contributed by atoms with E-state index in [0.29, 0.717) is 0 Å². The molecule has 8 heteroatoms. The van der Waals surface area contributed by atoms with Crippen molar-refractivity contribution >= 4 is 17.7 Å². The first-order valence-electron chi connectivity index (χ1n) is 12.1. The fourth-order valence-corrected chi connectivity index (χ4v) is 3.92. The minimum atomic E-state index is -0.741. The average Bonchev–Trinajstić information content (AvgIpc) is 3.39. The molecule has 0 bridgehead atoms. The van der Waals surface area contributed by atoms with Crippen LogP contribution in [-0.2, 0) is 20.7 Å². The van der Waals surface area contributed by atoms with E-state index in [0.717, 1.165) is 12.0 Å². The summed E-state index contributed by atoms with van der Waals surface area (Å²) in [5.74, 6) is -1.33. The van der Waals surface area contributed by atoms with E-state index in [9.17, 15) is 14.4 Å². The number of carbonyl (C=O) groups excluding carboxylic acids is 3. The SMILES string of the molecule is COC(Cc1ccccc1)C(C)/C=C(C)/C=C/C(NC(C)=O)C(C)C(=O)NC(C)C(=O)n1ccnc1. The predicted octanol–water partition coefficient (Wildman–Crippen LogP) is 3.57. The highest BCUT2D eigenvalue weighted by Gasteiger charge is 2.26. The summed E-state index contributed by atoms with van der Waals surface area (Å²) in [5, 5.41) is 5.56. The average molecular weight is 495 g/mol. The lowest BCUT2D eigenvalue weighted by molar-refractivity contribution is -0.126. The van der Waals surface area contributed by atoms with Gasteiger partial charge in [-0.15, -0.1) is 0 Å². The van der Waals surface area contributed by atoms with Gasteiger partial charge in [0.2, 0.25) is 11.8 Å². The lowest BCUT2D eigenvalue weighted by Crippen LogP contribution is -2.48. The highest BCUT2D eigenvalue weighted by Crippen LogP contribution is 2.17. The van der Waals surface area contributed by atoms with E-state index < -0.39 is 18.0 Å². The molecule has 5 atom stereocenters. The van der Waals surface area contributed by atoms with Gasteiger partial charge in [0.25, 0.3) is 5.91 Å². The normalized spacial score (nSPS) is 16.1. The summed E-state index contributed by atoms with van der Waals surface area (Å²) in [5.41, 5.74) is 2.20. The molecule has 0 spiro atoms. The van der Waals surface area contributed by atoms with Gasteiger partial charge in [0, 0.05) is 32.3 Å². The fourth-order valence-electron chi connectivity index (χ4n) is 3.92. The fraction of sp³-hybridized carbons (Fsp3) is 0.429. The van der Waals surface area contributed by atoms with Gasteiger partial charge >= 0.3 is 0 Å². The van der Waals surface area contributed by atoms with Gasteiger partial charge in [-0.05, 0) is 25.8 Å². The van der Waals surface area contributed by atoms with Crippen LogP contribution in [0.5, 0.6) is 0 Å². The molecule has 0 fully saturated rings. The predicted molar refractivity (Wildman–Crippen MR) is 140 cm³/mol. The van der Waals surface area contributed by atoms with Crippen LogP contribution in [0, 0.1) is 11.8 Å². The Bertz CT molecular complexity index is 1050. The molecule has 0 radical (unpaired) electrons. The summed E-state index contributed by atoms with van der Waals surface area (Å²) in [7, 11) is 1.72. The summed E-state index contributed by atoms with van der Waals surface area (Å²) >= 11 is 0. The van der Waals surface area contributed by atoms with Crippen LogP contribution in [0.25, 0.3) is 0 Å². The van der Waals surface area contributed by atoms with Crippen LogP contribution in [0.2, 0.25) is 0 Å². The lowest BCUT2D eigenvalue weighted by Gasteiger charge is -2.23. The largest absolute Gasteiger partial charge is 0.381 e. The van der Waals surface area contributed by atoms with Gasteiger partial charge in [0.05, 0.1) is 18.1 Å². The minimum absolute atomic E-state index is 0.0149. The molecule has 2 rings (SSSR count). The number of methoxy groups -OCH3 is 1. The molecule has 0 aliphatic heterocycles. The Labute approximate surface area is 213 Å². The van der Waals surface area contributed by atoms with Crippen molar-refractivity contribution in [3.05, 3.63) is 78.4 Å². The topological polar surface area (TPSA) is 102 Å². The Morgan fingerprint density at radius 2 is 1.78 bits per heavy atom. The summed E-state index contributed by atoms with van der Waals surface area (Å²) < 4.78 is 7.06. The number of aromatic nitrogens is 2. The number of benzene rings is 1. The number of hydrogen-bond acceptors (Lipinski definition) is 5. The summed E-state index contributed by atoms with van der Waals surface area (Å²) in [4.78, 5) is 41.0. The minimum Gasteiger partial charge on any atom is -0.381 e. The van der Waals surface area contributed by atoms with Crippen LogP contribution in [0.3, 0.4) is 0 Å². The van der Waals surface area contributed by atoms with Crippen LogP contribution in [0.4, 0.5) is 0 Å². The lowest BCUT2D eigenvalue weighted by atomic mass is 9.94. The Hall–Kier alpha value is -3.52. The maximum Gasteiger partial charge on any atom is 0.254 e. The van der Waals surface area contributed by atoms with Crippen molar-refractivity contribution in [2.45, 2.75) is 59.2 Å². The molecule has 0 saturated heterocycles. The third-order valence-corrected chi connectivity index (χ3v) is 6.07. The standard InChI is InChI=1S/C28H38N4O4/c1-19(16-20(2)26(36-6)17-24-10-8-7-9-11-24)12-13-25(31-23(5)33)21(3)27(34)30-22(4)28(35)32-15-14-29-18-32/h7-16,18,20-22,25-26H,17H2,1-6H3,(H,30,34)(H,31,33)/b13-12+,19-16+. The second-order valence-corrected chi connectivity index (χ2v) is 9.15. The van der Waals surface area contributed by atoms with Gasteiger partial charge in [0.15, 0.2) is 0 Å². The zero-order chi connectivity index (χ0) is 26.7. The van der Waals surface area contributed by atoms with Gasteiger partial charge in [-0.1, -0.05) is 68.0 Å². The molecular formula is C28H38N4O4. The van der Waals surface area contributed by atoms with Crippen LogP contribution in [0.15, 0.2) is 72.9 Å². The van der Waals surface area contributed by atoms with Crippen molar-refractivity contribution in [3.63, 3.8) is 0 Å². The first-order valence-corrected chi connectivity index (χ1v) is 12.1. The monoisotopic (exact) mass is 494 g/mol. The maximum atomic E-state index is 12.9. The van der Waals surface area contributed by atoms with Gasteiger partial charge in [-0.3, -0.25) is 19.0 Å². The van der Waals surface area contributed by atoms with Gasteiger partial charge < -0.3 is 15.4 Å². The van der Waals surface area contributed by atoms with Crippen molar-refractivity contribution in [1.29, 1.82) is 0 Å². The van der Waals surface area contributed by atoms with Crippen LogP contribution in [0.1, 0.15) is 45.0 Å². The smallest absolute Gasteiger partial charge is 0.254 e. The quantitative estimate of drug-likeness (QED) is 0.439. The zero-order valence-corrected chi connectivity index (χ0v) is 22.0. The molecule has 1 heterocycles. The van der Waals surface area contributed by atoms with E-state index in [1.807, 2.05) is 37.3 Å². The van der Waals surface area contributed by atoms with Crippen LogP contribution < -0.4 is 10.6 Å². The number of amides is 2. The molecule has 2 amide bonds. The molecular weight excluding hydrogens is 456 g/mol. The Balaban J connectivity index is 2.06. The van der Waals surface area contributed by atoms with E-state index in [4.69, 9.17) is 4.74 Å². The van der Waals surface area contributed by atoms with Crippen molar-refractivity contribution in [3.8, 4) is 0 Å². The second kappa shape index (κ2) is 14.1. The van der Waals surface area contributed by atoms with E-state index in [-0.39, 0.29) is 29.7 Å². The molecule has 1 aromatic heterocycles. The third kappa shape index (κ3) is 8.92. The van der Waals surface area contributed by atoms with E-state index in [2.05, 4.69) is 40.8 Å². The third-order valence-electron chi connectivity index (χ3n) is 6.07. The Morgan fingerprint density at radius 1 is 1.08 bits per heavy atom. The molecule has 36 heavy (non-hydrogen) atoms. The van der Waals surface area contributed by atoms with Gasteiger partial charge in [-0.25, -0.2) is 4.98 Å². The van der Waals surface area contributed by atoms with Crippen molar-refractivity contribution in [2.24, 2.45) is 11.8 Å². The van der Waals surface area contributed by atoms with Gasteiger partial charge in [-0.2, -0.15) is 0 Å². The molecule has 0 aliphatic carbocycles. The molecule has 0 aliphatic rings. The van der Waals surface area contributed by atoms with E-state index in [1.54, 1.807) is 21.0 Å². The summed E-state index contributed by atoms with van der Waals surface area (Å²) in [6.45, 7) is 8.83. The summed E-state index contributed by atoms with van der Waals surface area (Å²) in [6.07, 6.45) is 11.1. The molecule has 5 unspecified atom stereocenters. The number of rotatable bonds is 12. The highest BCUT2D eigenvalue weighted by molar-refractivity contribution is 5.90. The Kier molecular flexibility index (Phi) is 11.3. The Morgan fingerprint density at radius 3 is 2.36 bits per heavy atom. The highest BCUT2D eigenvalue weighted by atomic mass is 16.5. The number of ether oxygens (including phenoxy) is 1. The van der Waals surface area contributed by atoms with Gasteiger partial charge in [0.1, 0.15) is 12.4 Å². The van der Waals surface area contributed by atoms with Crippen molar-refractivity contribution in [1.82, 2.24) is 20.2 Å². The van der Waals surface area contributed by atoms with E-state index in [1.165, 1.54) is 35.8 Å². The number of nitrogens with zero attached hydrogens (tertiary/aromatic N) is 2. The van der Waals surface area contributed by atoms with Crippen molar-refractivity contribution in [2.75, 3.05) is 7.11 Å². The van der Waals surface area contributed by atoms with E-state index >= 15 is 0 Å². The van der Waals surface area contributed by atoms with Crippen LogP contribution in [-0.4, -0.2) is 52.6 Å². The first-order chi connectivity index (χ1) is 17.1. The number of allylic oxidation sites excluding steroid dienone is 2. The molecule has 0 saturated carbocycles. The number of hydrogen-bond donors (Lipinski definition) is 2. The molecule has 1 aromatic carbocycles. The first kappa shape index (κ1) is 28.7. The van der Waals surface area contributed by atoms with Crippen LogP contribution >= 0.6 is 0 Å². The molecule has 194 valence electrons.